The molecule has 1 aliphatic rings. The minimum absolute atomic E-state index is 0.0561. The Hall–Kier alpha value is -2.18. The van der Waals surface area contributed by atoms with E-state index in [2.05, 4.69) is 10.3 Å². The van der Waals surface area contributed by atoms with Crippen LogP contribution in [0.15, 0.2) is 41.5 Å². The van der Waals surface area contributed by atoms with Crippen LogP contribution in [0.4, 0.5) is 0 Å². The molecule has 1 atom stereocenters. The summed E-state index contributed by atoms with van der Waals surface area (Å²) in [5.74, 6) is -0.228. The molecule has 1 N–H and O–H groups in total. The molecule has 24 heavy (non-hydrogen) atoms. The van der Waals surface area contributed by atoms with Gasteiger partial charge in [0, 0.05) is 29.8 Å². The molecule has 0 saturated carbocycles. The number of hydrogen-bond acceptors (Lipinski definition) is 4. The van der Waals surface area contributed by atoms with E-state index in [1.165, 1.54) is 17.0 Å². The van der Waals surface area contributed by atoms with Gasteiger partial charge in [-0.25, -0.2) is 4.98 Å². The first-order chi connectivity index (χ1) is 11.6. The number of ether oxygens (including phenoxy) is 1. The van der Waals surface area contributed by atoms with Gasteiger partial charge in [-0.3, -0.25) is 14.2 Å². The Morgan fingerprint density at radius 1 is 1.38 bits per heavy atom. The lowest BCUT2D eigenvalue weighted by molar-refractivity contribution is -0.122. The smallest absolute Gasteiger partial charge is 0.254 e. The Balaban J connectivity index is 1.63. The van der Waals surface area contributed by atoms with Crippen molar-refractivity contribution < 1.29 is 9.53 Å². The topological polar surface area (TPSA) is 73.2 Å². The molecule has 2 aromatic rings. The highest BCUT2D eigenvalue weighted by atomic mass is 35.5. The predicted octanol–water partition coefficient (Wildman–Crippen LogP) is 1.86. The molecule has 1 fully saturated rings. The fourth-order valence-electron chi connectivity index (χ4n) is 2.57. The Morgan fingerprint density at radius 3 is 2.83 bits per heavy atom. The number of carbonyl (C=O) groups excluding carboxylic acids is 1. The van der Waals surface area contributed by atoms with Gasteiger partial charge in [-0.05, 0) is 25.0 Å². The second-order valence-electron chi connectivity index (χ2n) is 5.69. The van der Waals surface area contributed by atoms with Crippen LogP contribution in [0.3, 0.4) is 0 Å². The summed E-state index contributed by atoms with van der Waals surface area (Å²) in [4.78, 5) is 28.4. The maximum atomic E-state index is 12.2. The lowest BCUT2D eigenvalue weighted by Crippen LogP contribution is -2.36. The SMILES string of the molecule is O=C(Cn1cnc(-c2ccc(Cl)cc2)cc1=O)NC[C@H]1CCCO1. The minimum atomic E-state index is -0.276. The maximum Gasteiger partial charge on any atom is 0.254 e. The summed E-state index contributed by atoms with van der Waals surface area (Å²) < 4.78 is 6.73. The molecule has 1 aromatic heterocycles. The molecule has 1 aliphatic heterocycles. The number of rotatable bonds is 5. The third-order valence-electron chi connectivity index (χ3n) is 3.88. The summed E-state index contributed by atoms with van der Waals surface area (Å²) in [7, 11) is 0. The van der Waals surface area contributed by atoms with Gasteiger partial charge in [0.1, 0.15) is 6.54 Å². The Kier molecular flexibility index (Phi) is 5.27. The quantitative estimate of drug-likeness (QED) is 0.896. The number of benzene rings is 1. The first kappa shape index (κ1) is 16.7. The van der Waals surface area contributed by atoms with Crippen LogP contribution in [0.2, 0.25) is 5.02 Å². The number of nitrogens with zero attached hydrogens (tertiary/aromatic N) is 2. The molecule has 0 aliphatic carbocycles. The monoisotopic (exact) mass is 347 g/mol. The molecule has 6 nitrogen and oxygen atoms in total. The van der Waals surface area contributed by atoms with E-state index in [-0.39, 0.29) is 24.1 Å². The van der Waals surface area contributed by atoms with E-state index in [9.17, 15) is 9.59 Å². The molecule has 1 saturated heterocycles. The molecule has 0 unspecified atom stereocenters. The Bertz CT molecular complexity index is 767. The van der Waals surface area contributed by atoms with Crippen LogP contribution in [0.25, 0.3) is 11.3 Å². The second kappa shape index (κ2) is 7.59. The zero-order valence-corrected chi connectivity index (χ0v) is 13.8. The van der Waals surface area contributed by atoms with Crippen LogP contribution >= 0.6 is 11.6 Å². The molecule has 1 aromatic carbocycles. The van der Waals surface area contributed by atoms with Crippen molar-refractivity contribution in [3.05, 3.63) is 52.0 Å². The summed E-state index contributed by atoms with van der Waals surface area (Å²) in [5, 5.41) is 3.41. The number of amides is 1. The van der Waals surface area contributed by atoms with Crippen molar-refractivity contribution in [1.82, 2.24) is 14.9 Å². The molecular weight excluding hydrogens is 330 g/mol. The summed E-state index contributed by atoms with van der Waals surface area (Å²) in [5.41, 5.74) is 1.07. The van der Waals surface area contributed by atoms with Crippen LogP contribution in [-0.2, 0) is 16.1 Å². The van der Waals surface area contributed by atoms with Gasteiger partial charge in [-0.15, -0.1) is 0 Å². The average molecular weight is 348 g/mol. The molecular formula is C17H18ClN3O3. The van der Waals surface area contributed by atoms with Crippen molar-refractivity contribution in [2.45, 2.75) is 25.5 Å². The Morgan fingerprint density at radius 2 is 2.17 bits per heavy atom. The van der Waals surface area contributed by atoms with Crippen molar-refractivity contribution in [3.8, 4) is 11.3 Å². The Labute approximate surface area is 144 Å². The van der Waals surface area contributed by atoms with E-state index < -0.39 is 0 Å². The number of carbonyl (C=O) groups is 1. The van der Waals surface area contributed by atoms with E-state index >= 15 is 0 Å². The summed E-state index contributed by atoms with van der Waals surface area (Å²) in [6.07, 6.45) is 3.45. The van der Waals surface area contributed by atoms with Crippen LogP contribution in [0.5, 0.6) is 0 Å². The number of aromatic nitrogens is 2. The van der Waals surface area contributed by atoms with E-state index in [4.69, 9.17) is 16.3 Å². The van der Waals surface area contributed by atoms with Gasteiger partial charge in [0.2, 0.25) is 5.91 Å². The molecule has 7 heteroatoms. The molecule has 0 bridgehead atoms. The number of nitrogens with one attached hydrogen (secondary N) is 1. The van der Waals surface area contributed by atoms with Gasteiger partial charge < -0.3 is 10.1 Å². The predicted molar refractivity (Wildman–Crippen MR) is 90.9 cm³/mol. The molecule has 1 amide bonds. The van der Waals surface area contributed by atoms with Crippen molar-refractivity contribution in [2.24, 2.45) is 0 Å². The summed E-state index contributed by atoms with van der Waals surface area (Å²) >= 11 is 5.85. The molecule has 2 heterocycles. The van der Waals surface area contributed by atoms with E-state index in [0.717, 1.165) is 25.0 Å². The fraction of sp³-hybridized carbons (Fsp3) is 0.353. The standard InChI is InChI=1S/C17H18ClN3O3/c18-13-5-3-12(4-6-13)15-8-17(23)21(11-20-15)10-16(22)19-9-14-2-1-7-24-14/h3-6,8,11,14H,1-2,7,9-10H2,(H,19,22)/t14-/m1/s1. The third kappa shape index (κ3) is 4.21. The zero-order chi connectivity index (χ0) is 16.9. The lowest BCUT2D eigenvalue weighted by Gasteiger charge is -2.11. The molecule has 126 valence electrons. The zero-order valence-electron chi connectivity index (χ0n) is 13.1. The first-order valence-corrected chi connectivity index (χ1v) is 8.20. The number of halogens is 1. The number of hydrogen-bond donors (Lipinski definition) is 1. The molecule has 0 radical (unpaired) electrons. The molecule has 0 spiro atoms. The van der Waals surface area contributed by atoms with Crippen LogP contribution in [0.1, 0.15) is 12.8 Å². The van der Waals surface area contributed by atoms with Crippen molar-refractivity contribution in [2.75, 3.05) is 13.2 Å². The van der Waals surface area contributed by atoms with Crippen LogP contribution < -0.4 is 10.9 Å². The van der Waals surface area contributed by atoms with Crippen LogP contribution in [0, 0.1) is 0 Å². The average Bonchev–Trinajstić information content (AvgIpc) is 3.09. The van der Waals surface area contributed by atoms with E-state index in [1.54, 1.807) is 24.3 Å². The first-order valence-electron chi connectivity index (χ1n) is 7.82. The van der Waals surface area contributed by atoms with Gasteiger partial charge in [-0.1, -0.05) is 23.7 Å². The van der Waals surface area contributed by atoms with Gasteiger partial charge >= 0.3 is 0 Å². The van der Waals surface area contributed by atoms with Gasteiger partial charge in [0.15, 0.2) is 0 Å². The van der Waals surface area contributed by atoms with Gasteiger partial charge in [0.25, 0.3) is 5.56 Å². The summed E-state index contributed by atoms with van der Waals surface area (Å²) in [6.45, 7) is 1.17. The lowest BCUT2D eigenvalue weighted by atomic mass is 10.1. The minimum Gasteiger partial charge on any atom is -0.376 e. The summed E-state index contributed by atoms with van der Waals surface area (Å²) in [6, 6.07) is 8.48. The van der Waals surface area contributed by atoms with Crippen molar-refractivity contribution >= 4 is 17.5 Å². The highest BCUT2D eigenvalue weighted by Gasteiger charge is 2.16. The fourth-order valence-corrected chi connectivity index (χ4v) is 2.69. The van der Waals surface area contributed by atoms with Gasteiger partial charge in [0.05, 0.1) is 18.1 Å². The van der Waals surface area contributed by atoms with Crippen molar-refractivity contribution in [1.29, 1.82) is 0 Å². The highest BCUT2D eigenvalue weighted by Crippen LogP contribution is 2.17. The maximum absolute atomic E-state index is 12.2. The van der Waals surface area contributed by atoms with Crippen LogP contribution in [-0.4, -0.2) is 34.7 Å². The third-order valence-corrected chi connectivity index (χ3v) is 4.14. The van der Waals surface area contributed by atoms with E-state index in [0.29, 0.717) is 17.3 Å². The molecule has 3 rings (SSSR count). The van der Waals surface area contributed by atoms with Crippen molar-refractivity contribution in [3.63, 3.8) is 0 Å². The second-order valence-corrected chi connectivity index (χ2v) is 6.12. The highest BCUT2D eigenvalue weighted by molar-refractivity contribution is 6.30. The normalized spacial score (nSPS) is 17.0. The van der Waals surface area contributed by atoms with Gasteiger partial charge in [-0.2, -0.15) is 0 Å². The largest absolute Gasteiger partial charge is 0.376 e. The van der Waals surface area contributed by atoms with E-state index in [1.807, 2.05) is 0 Å².